The maximum absolute atomic E-state index is 12.0. The molecular formula is C13H13Cl2N3O. The molecule has 0 bridgehead atoms. The number of aromatic amines is 1. The van der Waals surface area contributed by atoms with Crippen molar-refractivity contribution in [3.8, 4) is 11.4 Å². The van der Waals surface area contributed by atoms with Crippen molar-refractivity contribution in [3.63, 3.8) is 0 Å². The first kappa shape index (κ1) is 13.9. The predicted octanol–water partition coefficient (Wildman–Crippen LogP) is 3.45. The van der Waals surface area contributed by atoms with Crippen LogP contribution in [0.4, 0.5) is 5.82 Å². The minimum Gasteiger partial charge on any atom is -0.383 e. The number of hydrogen-bond acceptors (Lipinski definition) is 3. The molecule has 0 fully saturated rings. The largest absolute Gasteiger partial charge is 0.383 e. The fourth-order valence-corrected chi connectivity index (χ4v) is 2.41. The van der Waals surface area contributed by atoms with Crippen LogP contribution in [-0.2, 0) is 0 Å². The predicted molar refractivity (Wildman–Crippen MR) is 78.8 cm³/mol. The molecule has 100 valence electrons. The van der Waals surface area contributed by atoms with E-state index in [4.69, 9.17) is 28.9 Å². The van der Waals surface area contributed by atoms with Crippen molar-refractivity contribution in [2.45, 2.75) is 19.8 Å². The van der Waals surface area contributed by atoms with Gasteiger partial charge in [0.25, 0.3) is 5.56 Å². The Hall–Kier alpha value is -1.52. The van der Waals surface area contributed by atoms with Crippen LogP contribution in [-0.4, -0.2) is 9.97 Å². The first-order valence-electron chi connectivity index (χ1n) is 5.74. The summed E-state index contributed by atoms with van der Waals surface area (Å²) in [5, 5.41) is 0.938. The van der Waals surface area contributed by atoms with Crippen molar-refractivity contribution in [3.05, 3.63) is 44.2 Å². The number of halogens is 2. The van der Waals surface area contributed by atoms with Crippen molar-refractivity contribution in [2.75, 3.05) is 5.73 Å². The maximum Gasteiger partial charge on any atom is 0.256 e. The smallest absolute Gasteiger partial charge is 0.256 e. The lowest BCUT2D eigenvalue weighted by Gasteiger charge is -2.09. The number of rotatable bonds is 2. The Morgan fingerprint density at radius 1 is 1.21 bits per heavy atom. The van der Waals surface area contributed by atoms with E-state index >= 15 is 0 Å². The van der Waals surface area contributed by atoms with Gasteiger partial charge in [0.2, 0.25) is 0 Å². The Bertz CT molecular complexity index is 660. The zero-order chi connectivity index (χ0) is 14.2. The number of nitrogen functional groups attached to an aromatic ring is 1. The number of nitrogens with zero attached hydrogens (tertiary/aromatic N) is 1. The topological polar surface area (TPSA) is 71.8 Å². The van der Waals surface area contributed by atoms with Gasteiger partial charge in [-0.15, -0.1) is 0 Å². The molecule has 0 radical (unpaired) electrons. The summed E-state index contributed by atoms with van der Waals surface area (Å²) in [7, 11) is 0. The molecule has 1 aromatic heterocycles. The van der Waals surface area contributed by atoms with E-state index in [0.717, 1.165) is 0 Å². The lowest BCUT2D eigenvalue weighted by atomic mass is 10.1. The molecule has 1 heterocycles. The number of benzene rings is 1. The van der Waals surface area contributed by atoms with Crippen molar-refractivity contribution < 1.29 is 0 Å². The van der Waals surface area contributed by atoms with Crippen molar-refractivity contribution in [2.24, 2.45) is 0 Å². The van der Waals surface area contributed by atoms with Gasteiger partial charge in [0.05, 0.1) is 5.56 Å². The zero-order valence-electron chi connectivity index (χ0n) is 10.5. The molecule has 0 aliphatic rings. The minimum absolute atomic E-state index is 0.00764. The highest BCUT2D eigenvalue weighted by Crippen LogP contribution is 2.26. The highest BCUT2D eigenvalue weighted by atomic mass is 35.5. The molecule has 2 aromatic rings. The fraction of sp³-hybridized carbons (Fsp3) is 0.231. The van der Waals surface area contributed by atoms with Gasteiger partial charge in [0, 0.05) is 15.6 Å². The lowest BCUT2D eigenvalue weighted by Crippen LogP contribution is -2.19. The van der Waals surface area contributed by atoms with E-state index in [1.807, 2.05) is 13.8 Å². The molecule has 0 aliphatic heterocycles. The van der Waals surface area contributed by atoms with Gasteiger partial charge in [0.1, 0.15) is 11.6 Å². The third-order valence-electron chi connectivity index (χ3n) is 2.70. The summed E-state index contributed by atoms with van der Waals surface area (Å²) in [4.78, 5) is 18.9. The van der Waals surface area contributed by atoms with Crippen LogP contribution < -0.4 is 11.3 Å². The van der Waals surface area contributed by atoms with Gasteiger partial charge in [-0.05, 0) is 24.1 Å². The van der Waals surface area contributed by atoms with Crippen LogP contribution in [0.5, 0.6) is 0 Å². The van der Waals surface area contributed by atoms with Crippen LogP contribution >= 0.6 is 23.2 Å². The second kappa shape index (κ2) is 5.23. The Balaban J connectivity index is 2.62. The Morgan fingerprint density at radius 2 is 1.79 bits per heavy atom. The van der Waals surface area contributed by atoms with Crippen LogP contribution in [0, 0.1) is 0 Å². The van der Waals surface area contributed by atoms with Crippen molar-refractivity contribution >= 4 is 29.0 Å². The standard InChI is InChI=1S/C13H13Cl2N3O/c1-6(2)10-11(16)17-12(18-13(10)19)7-3-8(14)5-9(15)4-7/h3-6H,1-2H3,(H3,16,17,18,19). The summed E-state index contributed by atoms with van der Waals surface area (Å²) in [6, 6.07) is 4.94. The van der Waals surface area contributed by atoms with Crippen molar-refractivity contribution in [1.82, 2.24) is 9.97 Å². The van der Waals surface area contributed by atoms with Gasteiger partial charge >= 0.3 is 0 Å². The van der Waals surface area contributed by atoms with E-state index in [1.54, 1.807) is 18.2 Å². The number of anilines is 1. The number of nitrogens with two attached hydrogens (primary N) is 1. The maximum atomic E-state index is 12.0. The molecule has 0 amide bonds. The first-order chi connectivity index (χ1) is 8.88. The number of hydrogen-bond donors (Lipinski definition) is 2. The van der Waals surface area contributed by atoms with E-state index in [0.29, 0.717) is 27.0 Å². The second-order valence-electron chi connectivity index (χ2n) is 4.53. The van der Waals surface area contributed by atoms with Crippen LogP contribution in [0.1, 0.15) is 25.3 Å². The van der Waals surface area contributed by atoms with Crippen molar-refractivity contribution in [1.29, 1.82) is 0 Å². The Kier molecular flexibility index (Phi) is 3.83. The second-order valence-corrected chi connectivity index (χ2v) is 5.40. The molecule has 6 heteroatoms. The number of H-pyrrole nitrogens is 1. The Labute approximate surface area is 120 Å². The Morgan fingerprint density at radius 3 is 2.26 bits per heavy atom. The summed E-state index contributed by atoms with van der Waals surface area (Å²) in [6.07, 6.45) is 0. The molecule has 2 rings (SSSR count). The lowest BCUT2D eigenvalue weighted by molar-refractivity contribution is 0.837. The molecule has 0 unspecified atom stereocenters. The van der Waals surface area contributed by atoms with Gasteiger partial charge in [-0.2, -0.15) is 0 Å². The number of nitrogens with one attached hydrogen (secondary N) is 1. The molecule has 1 aromatic carbocycles. The quantitative estimate of drug-likeness (QED) is 0.892. The molecule has 4 nitrogen and oxygen atoms in total. The molecule has 0 spiro atoms. The number of aromatic nitrogens is 2. The molecule has 0 aliphatic carbocycles. The minimum atomic E-state index is -0.242. The monoisotopic (exact) mass is 297 g/mol. The third-order valence-corrected chi connectivity index (χ3v) is 3.13. The van der Waals surface area contributed by atoms with E-state index in [-0.39, 0.29) is 17.3 Å². The molecule has 0 saturated carbocycles. The molecule has 19 heavy (non-hydrogen) atoms. The van der Waals surface area contributed by atoms with Gasteiger partial charge in [-0.25, -0.2) is 4.98 Å². The molecule has 0 saturated heterocycles. The van der Waals surface area contributed by atoms with Gasteiger partial charge in [0.15, 0.2) is 0 Å². The SMILES string of the molecule is CC(C)c1c(N)nc(-c2cc(Cl)cc(Cl)c2)[nH]c1=O. The van der Waals surface area contributed by atoms with Gasteiger partial charge < -0.3 is 10.7 Å². The average Bonchev–Trinajstić information content (AvgIpc) is 2.25. The summed E-state index contributed by atoms with van der Waals surface area (Å²) < 4.78 is 0. The van der Waals surface area contributed by atoms with Crippen LogP contribution in [0.3, 0.4) is 0 Å². The molecule has 0 atom stereocenters. The first-order valence-corrected chi connectivity index (χ1v) is 6.50. The summed E-state index contributed by atoms with van der Waals surface area (Å²) in [5.41, 5.74) is 6.70. The normalized spacial score (nSPS) is 11.0. The highest BCUT2D eigenvalue weighted by molar-refractivity contribution is 6.35. The van der Waals surface area contributed by atoms with E-state index in [9.17, 15) is 4.79 Å². The molecule has 3 N–H and O–H groups in total. The van der Waals surface area contributed by atoms with Crippen LogP contribution in [0.2, 0.25) is 10.0 Å². The van der Waals surface area contributed by atoms with Gasteiger partial charge in [-0.3, -0.25) is 4.79 Å². The summed E-state index contributed by atoms with van der Waals surface area (Å²) in [5.74, 6) is 0.592. The fourth-order valence-electron chi connectivity index (χ4n) is 1.89. The van der Waals surface area contributed by atoms with E-state index in [2.05, 4.69) is 9.97 Å². The third kappa shape index (κ3) is 2.91. The molecular weight excluding hydrogens is 285 g/mol. The summed E-state index contributed by atoms with van der Waals surface area (Å²) in [6.45, 7) is 3.77. The summed E-state index contributed by atoms with van der Waals surface area (Å²) >= 11 is 11.9. The zero-order valence-corrected chi connectivity index (χ0v) is 12.0. The van der Waals surface area contributed by atoms with Crippen LogP contribution in [0.15, 0.2) is 23.0 Å². The highest BCUT2D eigenvalue weighted by Gasteiger charge is 2.13. The van der Waals surface area contributed by atoms with Crippen LogP contribution in [0.25, 0.3) is 11.4 Å². The van der Waals surface area contributed by atoms with E-state index < -0.39 is 0 Å². The average molecular weight is 298 g/mol. The van der Waals surface area contributed by atoms with E-state index in [1.165, 1.54) is 0 Å². The van der Waals surface area contributed by atoms with Gasteiger partial charge in [-0.1, -0.05) is 37.0 Å².